The van der Waals surface area contributed by atoms with E-state index >= 15 is 0 Å². The fraction of sp³-hybridized carbons (Fsp3) is 0.889. The van der Waals surface area contributed by atoms with Gasteiger partial charge in [0, 0.05) is 13.1 Å². The Balaban J connectivity index is 2.45. The third-order valence-corrected chi connectivity index (χ3v) is 2.79. The van der Waals surface area contributed by atoms with Crippen molar-refractivity contribution in [1.82, 2.24) is 4.90 Å². The molecule has 4 heteroatoms. The molecule has 1 saturated heterocycles. The van der Waals surface area contributed by atoms with E-state index in [9.17, 15) is 9.90 Å². The summed E-state index contributed by atoms with van der Waals surface area (Å²) >= 11 is 1.53. The predicted molar refractivity (Wildman–Crippen MR) is 54.7 cm³/mol. The summed E-state index contributed by atoms with van der Waals surface area (Å²) in [6.07, 6.45) is 2.42. The van der Waals surface area contributed by atoms with Gasteiger partial charge in [-0.15, -0.1) is 0 Å². The predicted octanol–water partition coefficient (Wildman–Crippen LogP) is 0.579. The second-order valence-electron chi connectivity index (χ2n) is 3.73. The lowest BCUT2D eigenvalue weighted by molar-refractivity contribution is -0.132. The van der Waals surface area contributed by atoms with Crippen molar-refractivity contribution < 1.29 is 9.90 Å². The van der Waals surface area contributed by atoms with E-state index < -0.39 is 0 Å². The average Bonchev–Trinajstić information content (AvgIpc) is 2.03. The van der Waals surface area contributed by atoms with Crippen molar-refractivity contribution >= 4 is 17.7 Å². The first-order valence-corrected chi connectivity index (χ1v) is 5.97. The number of β-amino-alcohol motifs (C(OH)–C–C–N with tert-alkyl or cyclic N) is 1. The highest BCUT2D eigenvalue weighted by Gasteiger charge is 2.25. The Kier molecular flexibility index (Phi) is 4.06. The molecule has 1 amide bonds. The Morgan fingerprint density at radius 2 is 2.31 bits per heavy atom. The van der Waals surface area contributed by atoms with Crippen molar-refractivity contribution in [3.05, 3.63) is 0 Å². The Hall–Kier alpha value is -0.220. The van der Waals surface area contributed by atoms with Crippen LogP contribution in [-0.4, -0.2) is 47.1 Å². The zero-order valence-electron chi connectivity index (χ0n) is 8.19. The zero-order chi connectivity index (χ0) is 9.84. The zero-order valence-corrected chi connectivity index (χ0v) is 9.01. The monoisotopic (exact) mass is 203 g/mol. The number of rotatable bonds is 2. The number of hydrogen-bond acceptors (Lipinski definition) is 3. The highest BCUT2D eigenvalue weighted by molar-refractivity contribution is 7.99. The molecule has 2 atom stereocenters. The van der Waals surface area contributed by atoms with Crippen LogP contribution in [0.15, 0.2) is 0 Å². The van der Waals surface area contributed by atoms with E-state index in [1.165, 1.54) is 11.8 Å². The number of hydrogen-bond donors (Lipinski definition) is 1. The number of likely N-dealkylation sites (tertiary alicyclic amines) is 1. The number of carbonyl (C=O) groups excluding carboxylic acids is 1. The molecule has 1 aliphatic rings. The van der Waals surface area contributed by atoms with Crippen LogP contribution in [0.3, 0.4) is 0 Å². The van der Waals surface area contributed by atoms with Gasteiger partial charge in [-0.1, -0.05) is 6.92 Å². The van der Waals surface area contributed by atoms with Crippen molar-refractivity contribution in [2.45, 2.75) is 19.4 Å². The van der Waals surface area contributed by atoms with Crippen molar-refractivity contribution in [3.8, 4) is 0 Å². The molecule has 1 heterocycles. The summed E-state index contributed by atoms with van der Waals surface area (Å²) in [5, 5.41) is 9.47. The number of aliphatic hydroxyl groups is 1. The Labute approximate surface area is 83.5 Å². The molecule has 0 radical (unpaired) electrons. The van der Waals surface area contributed by atoms with Gasteiger partial charge in [0.2, 0.25) is 5.91 Å². The van der Waals surface area contributed by atoms with E-state index in [0.29, 0.717) is 18.2 Å². The molecule has 13 heavy (non-hydrogen) atoms. The molecule has 1 rings (SSSR count). The molecule has 0 spiro atoms. The third-order valence-electron chi connectivity index (χ3n) is 2.26. The van der Waals surface area contributed by atoms with E-state index in [-0.39, 0.29) is 12.0 Å². The molecule has 1 aliphatic heterocycles. The highest BCUT2D eigenvalue weighted by atomic mass is 32.2. The van der Waals surface area contributed by atoms with E-state index in [0.717, 1.165) is 13.0 Å². The molecule has 0 aromatic carbocycles. The van der Waals surface area contributed by atoms with Gasteiger partial charge in [-0.25, -0.2) is 0 Å². The molecule has 0 aromatic heterocycles. The van der Waals surface area contributed by atoms with Crippen molar-refractivity contribution in [2.24, 2.45) is 5.92 Å². The van der Waals surface area contributed by atoms with Gasteiger partial charge < -0.3 is 10.0 Å². The van der Waals surface area contributed by atoms with E-state index in [1.54, 1.807) is 4.90 Å². The molecule has 2 unspecified atom stereocenters. The summed E-state index contributed by atoms with van der Waals surface area (Å²) in [6.45, 7) is 3.39. The van der Waals surface area contributed by atoms with Crippen LogP contribution in [0, 0.1) is 5.92 Å². The third kappa shape index (κ3) is 3.19. The van der Waals surface area contributed by atoms with Gasteiger partial charge in [0.25, 0.3) is 0 Å². The van der Waals surface area contributed by atoms with Gasteiger partial charge in [0.05, 0.1) is 11.9 Å². The van der Waals surface area contributed by atoms with Crippen molar-refractivity contribution in [3.63, 3.8) is 0 Å². The molecular weight excluding hydrogens is 186 g/mol. The lowest BCUT2D eigenvalue weighted by Gasteiger charge is -2.34. The van der Waals surface area contributed by atoms with Crippen molar-refractivity contribution in [2.75, 3.05) is 25.1 Å². The second-order valence-corrected chi connectivity index (χ2v) is 4.59. The largest absolute Gasteiger partial charge is 0.391 e. The maximum absolute atomic E-state index is 11.5. The van der Waals surface area contributed by atoms with Crippen LogP contribution < -0.4 is 0 Å². The number of amides is 1. The molecule has 1 fully saturated rings. The van der Waals surface area contributed by atoms with Crippen LogP contribution in [0.4, 0.5) is 0 Å². The summed E-state index contributed by atoms with van der Waals surface area (Å²) < 4.78 is 0. The number of carbonyl (C=O) groups is 1. The molecular formula is C9H17NO2S. The summed E-state index contributed by atoms with van der Waals surface area (Å²) in [5.41, 5.74) is 0. The minimum atomic E-state index is -0.324. The average molecular weight is 203 g/mol. The quantitative estimate of drug-likeness (QED) is 0.713. The van der Waals surface area contributed by atoms with Crippen LogP contribution in [0.2, 0.25) is 0 Å². The van der Waals surface area contributed by atoms with Crippen LogP contribution in [0.1, 0.15) is 13.3 Å². The topological polar surface area (TPSA) is 40.5 Å². The van der Waals surface area contributed by atoms with Gasteiger partial charge in [-0.05, 0) is 18.6 Å². The summed E-state index contributed by atoms with van der Waals surface area (Å²) in [6, 6.07) is 0. The Bertz CT molecular complexity index is 176. The lowest BCUT2D eigenvalue weighted by Crippen LogP contribution is -2.46. The number of nitrogens with zero attached hydrogens (tertiary/aromatic N) is 1. The van der Waals surface area contributed by atoms with Crippen LogP contribution in [0.25, 0.3) is 0 Å². The maximum atomic E-state index is 11.5. The standard InChI is InChI=1S/C9H17NO2S/c1-7-3-8(11)5-10(4-7)9(12)6-13-2/h7-8,11H,3-6H2,1-2H3. The summed E-state index contributed by atoms with van der Waals surface area (Å²) in [4.78, 5) is 13.3. The number of aliphatic hydroxyl groups excluding tert-OH is 1. The van der Waals surface area contributed by atoms with E-state index in [4.69, 9.17) is 0 Å². The maximum Gasteiger partial charge on any atom is 0.232 e. The van der Waals surface area contributed by atoms with Gasteiger partial charge in [-0.3, -0.25) is 4.79 Å². The Morgan fingerprint density at radius 1 is 1.62 bits per heavy atom. The minimum Gasteiger partial charge on any atom is -0.391 e. The first-order chi connectivity index (χ1) is 6.13. The van der Waals surface area contributed by atoms with Crippen LogP contribution in [0.5, 0.6) is 0 Å². The summed E-state index contributed by atoms with van der Waals surface area (Å²) in [5.74, 6) is 1.10. The molecule has 1 N–H and O–H groups in total. The minimum absolute atomic E-state index is 0.151. The fourth-order valence-corrected chi connectivity index (χ4v) is 2.17. The van der Waals surface area contributed by atoms with E-state index in [1.807, 2.05) is 6.26 Å². The van der Waals surface area contributed by atoms with Gasteiger partial charge in [0.1, 0.15) is 0 Å². The molecule has 0 bridgehead atoms. The van der Waals surface area contributed by atoms with Crippen molar-refractivity contribution in [1.29, 1.82) is 0 Å². The summed E-state index contributed by atoms with van der Waals surface area (Å²) in [7, 11) is 0. The van der Waals surface area contributed by atoms with Gasteiger partial charge in [0.15, 0.2) is 0 Å². The molecule has 0 saturated carbocycles. The lowest BCUT2D eigenvalue weighted by atomic mass is 9.98. The Morgan fingerprint density at radius 3 is 2.85 bits per heavy atom. The molecule has 3 nitrogen and oxygen atoms in total. The first kappa shape index (κ1) is 10.9. The van der Waals surface area contributed by atoms with Crippen LogP contribution in [-0.2, 0) is 4.79 Å². The molecule has 76 valence electrons. The smallest absolute Gasteiger partial charge is 0.232 e. The second kappa shape index (κ2) is 4.86. The first-order valence-electron chi connectivity index (χ1n) is 4.58. The molecule has 0 aromatic rings. The van der Waals surface area contributed by atoms with Gasteiger partial charge >= 0.3 is 0 Å². The highest BCUT2D eigenvalue weighted by Crippen LogP contribution is 2.16. The number of piperidine rings is 1. The van der Waals surface area contributed by atoms with E-state index in [2.05, 4.69) is 6.92 Å². The normalized spacial score (nSPS) is 29.0. The molecule has 0 aliphatic carbocycles. The fourth-order valence-electron chi connectivity index (χ4n) is 1.74. The van der Waals surface area contributed by atoms with Gasteiger partial charge in [-0.2, -0.15) is 11.8 Å². The van der Waals surface area contributed by atoms with Crippen LogP contribution >= 0.6 is 11.8 Å². The SMILES string of the molecule is CSCC(=O)N1CC(C)CC(O)C1. The number of thioether (sulfide) groups is 1.